The van der Waals surface area contributed by atoms with Crippen LogP contribution in [0.2, 0.25) is 0 Å². The second kappa shape index (κ2) is 34.5. The highest BCUT2D eigenvalue weighted by Gasteiger charge is 2.38. The van der Waals surface area contributed by atoms with Crippen molar-refractivity contribution < 1.29 is 53.4 Å². The summed E-state index contributed by atoms with van der Waals surface area (Å²) in [6, 6.07) is -7.38. The number of nitrogens with two attached hydrogens (primary N) is 7. The number of aliphatic hydroxyl groups excluding tert-OH is 1. The number of carbonyl (C=O) groups is 9. The van der Waals surface area contributed by atoms with Crippen LogP contribution < -0.4 is 72.0 Å². The van der Waals surface area contributed by atoms with Gasteiger partial charge in [-0.25, -0.2) is 9.79 Å². The molecule has 0 aromatic rings. The number of unbranched alkanes of at least 4 members (excludes halogenated alkanes) is 2. The van der Waals surface area contributed by atoms with Crippen LogP contribution in [0.5, 0.6) is 0 Å². The van der Waals surface area contributed by atoms with E-state index in [-0.39, 0.29) is 76.3 Å². The first-order valence-electron chi connectivity index (χ1n) is 23.2. The molecule has 1 fully saturated rings. The average molecular weight is 1010 g/mol. The highest BCUT2D eigenvalue weighted by molar-refractivity contribution is 7.98. The monoisotopic (exact) mass is 1010 g/mol. The van der Waals surface area contributed by atoms with E-state index in [4.69, 9.17) is 40.1 Å². The van der Waals surface area contributed by atoms with Crippen LogP contribution in [-0.4, -0.2) is 180 Å². The molecule has 1 heterocycles. The number of hydrogen-bond acceptors (Lipinski definition) is 17. The number of likely N-dealkylation sites (tertiary alicyclic amines) is 1. The van der Waals surface area contributed by atoms with Crippen molar-refractivity contribution in [1.29, 1.82) is 0 Å². The normalized spacial score (nSPS) is 16.3. The number of carbonyl (C=O) groups excluding carboxylic acids is 8. The van der Waals surface area contributed by atoms with Crippen LogP contribution in [-0.2, 0) is 43.2 Å². The first kappa shape index (κ1) is 62.2. The van der Waals surface area contributed by atoms with Crippen molar-refractivity contribution in [3.63, 3.8) is 0 Å². The molecule has 0 aromatic heterocycles. The number of thioether (sulfide) groups is 1. The van der Waals surface area contributed by atoms with E-state index in [2.05, 4.69) is 41.9 Å². The lowest BCUT2D eigenvalue weighted by molar-refractivity contribution is -0.137. The van der Waals surface area contributed by atoms with E-state index in [0.717, 1.165) is 0 Å². The number of aliphatic imine (C=N–C) groups is 2. The number of aliphatic carboxylic acids is 1. The SMILES string of the molecule is CSCC[C@H](NC(=O)[C@@H]1CCCN1C(=O)C(CCCN)=NC(=O)CNC(=O)[C@H](C)NC(=O)[C@@H](NC(=O)[C@@H](N)CCCCN)[C@@H](O)CN)C(=O)N[C@@H](CCCCN)C(=O)N/C(=C\CCN=C(N)N)C(=O)O. The molecule has 1 rings (SSSR count). The minimum absolute atomic E-state index is 0.0551. The van der Waals surface area contributed by atoms with Gasteiger partial charge in [0.1, 0.15) is 41.6 Å². The predicted molar refractivity (Wildman–Crippen MR) is 263 cm³/mol. The molecule has 1 saturated heterocycles. The molecule has 0 saturated carbocycles. The average Bonchev–Trinajstić information content (AvgIpc) is 3.82. The number of aliphatic hydroxyl groups is 1. The van der Waals surface area contributed by atoms with Gasteiger partial charge in [0.15, 0.2) is 5.96 Å². The molecule has 0 bridgehead atoms. The molecule has 1 aliphatic heterocycles. The minimum Gasteiger partial charge on any atom is -0.477 e. The lowest BCUT2D eigenvalue weighted by Gasteiger charge is -2.28. The molecule has 396 valence electrons. The minimum atomic E-state index is -1.56. The molecule has 1 aliphatic rings. The number of carboxylic acid groups (broad SMARTS) is 1. The van der Waals surface area contributed by atoms with Gasteiger partial charge in [0.2, 0.25) is 35.4 Å². The van der Waals surface area contributed by atoms with Crippen LogP contribution >= 0.6 is 11.8 Å². The maximum atomic E-state index is 14.0. The highest BCUT2D eigenvalue weighted by atomic mass is 32.2. The summed E-state index contributed by atoms with van der Waals surface area (Å²) in [6.07, 6.45) is 4.81. The van der Waals surface area contributed by atoms with Crippen molar-refractivity contribution in [3.8, 4) is 0 Å². The predicted octanol–water partition coefficient (Wildman–Crippen LogP) is -5.83. The summed E-state index contributed by atoms with van der Waals surface area (Å²) in [5, 5.41) is 34.8. The van der Waals surface area contributed by atoms with E-state index in [9.17, 15) is 53.4 Å². The van der Waals surface area contributed by atoms with E-state index in [0.29, 0.717) is 50.9 Å². The Balaban J connectivity index is 3.17. The fourth-order valence-corrected chi connectivity index (χ4v) is 7.27. The van der Waals surface area contributed by atoms with Crippen LogP contribution in [0.1, 0.15) is 84.0 Å². The molecule has 22 N–H and O–H groups in total. The Kier molecular flexibility index (Phi) is 30.7. The largest absolute Gasteiger partial charge is 0.477 e. The maximum absolute atomic E-state index is 14.0. The third-order valence-corrected chi connectivity index (χ3v) is 11.3. The molecule has 0 aromatic carbocycles. The molecule has 0 spiro atoms. The summed E-state index contributed by atoms with van der Waals surface area (Å²) in [4.78, 5) is 128. The first-order valence-corrected chi connectivity index (χ1v) is 24.6. The molecule has 7 atom stereocenters. The van der Waals surface area contributed by atoms with Gasteiger partial charge in [-0.15, -0.1) is 0 Å². The molecule has 0 radical (unpaired) electrons. The summed E-state index contributed by atoms with van der Waals surface area (Å²) in [6.45, 7) is 1.11. The number of rotatable bonds is 34. The fraction of sp³-hybridized carbons (Fsp3) is 0.690. The Morgan fingerprint density at radius 2 is 1.44 bits per heavy atom. The van der Waals surface area contributed by atoms with E-state index >= 15 is 0 Å². The van der Waals surface area contributed by atoms with Gasteiger partial charge >= 0.3 is 5.97 Å². The van der Waals surface area contributed by atoms with E-state index in [1.54, 1.807) is 6.26 Å². The van der Waals surface area contributed by atoms with E-state index < -0.39 is 114 Å². The van der Waals surface area contributed by atoms with Crippen LogP contribution in [0.4, 0.5) is 0 Å². The van der Waals surface area contributed by atoms with Crippen LogP contribution in [0.25, 0.3) is 0 Å². The van der Waals surface area contributed by atoms with Gasteiger partial charge in [-0.2, -0.15) is 11.8 Å². The van der Waals surface area contributed by atoms with Crippen molar-refractivity contribution >= 4 is 76.7 Å². The zero-order chi connectivity index (χ0) is 52.8. The number of nitrogens with one attached hydrogen (secondary N) is 6. The Labute approximate surface area is 411 Å². The zero-order valence-corrected chi connectivity index (χ0v) is 40.9. The molecular formula is C42H76N16O11S. The van der Waals surface area contributed by atoms with Crippen LogP contribution in [0.3, 0.4) is 0 Å². The zero-order valence-electron chi connectivity index (χ0n) is 40.1. The Bertz CT molecular complexity index is 1850. The van der Waals surface area contributed by atoms with Crippen LogP contribution in [0, 0.1) is 0 Å². The van der Waals surface area contributed by atoms with Gasteiger partial charge in [0.05, 0.1) is 18.7 Å². The van der Waals surface area contributed by atoms with Gasteiger partial charge < -0.3 is 87.1 Å². The number of amides is 8. The highest BCUT2D eigenvalue weighted by Crippen LogP contribution is 2.20. The van der Waals surface area contributed by atoms with Crippen molar-refractivity contribution in [2.24, 2.45) is 50.1 Å². The summed E-state index contributed by atoms with van der Waals surface area (Å²) < 4.78 is 0. The molecular weight excluding hydrogens is 937 g/mol. The molecule has 8 amide bonds. The molecule has 28 heteroatoms. The molecule has 27 nitrogen and oxygen atoms in total. The van der Waals surface area contributed by atoms with Crippen LogP contribution in [0.15, 0.2) is 21.8 Å². The third kappa shape index (κ3) is 23.2. The number of guanidine groups is 1. The number of carboxylic acids is 1. The van der Waals surface area contributed by atoms with Gasteiger partial charge in [0.25, 0.3) is 11.8 Å². The summed E-state index contributed by atoms with van der Waals surface area (Å²) in [5.41, 5.74) is 38.2. The van der Waals surface area contributed by atoms with Crippen molar-refractivity contribution in [3.05, 3.63) is 11.8 Å². The quantitative estimate of drug-likeness (QED) is 0.0124. The Morgan fingerprint density at radius 1 is 0.800 bits per heavy atom. The lowest BCUT2D eigenvalue weighted by atomic mass is 10.1. The summed E-state index contributed by atoms with van der Waals surface area (Å²) in [5.74, 6) is -7.72. The second-order valence-corrected chi connectivity index (χ2v) is 17.3. The van der Waals surface area contributed by atoms with Crippen molar-refractivity contribution in [2.75, 3.05) is 57.8 Å². The Hall–Kier alpha value is -5.78. The summed E-state index contributed by atoms with van der Waals surface area (Å²) in [7, 11) is 0. The van der Waals surface area contributed by atoms with E-state index in [1.807, 2.05) is 0 Å². The summed E-state index contributed by atoms with van der Waals surface area (Å²) >= 11 is 1.39. The lowest BCUT2D eigenvalue weighted by Crippen LogP contribution is -2.60. The Morgan fingerprint density at radius 3 is 2.04 bits per heavy atom. The van der Waals surface area contributed by atoms with Gasteiger partial charge in [-0.1, -0.05) is 12.5 Å². The third-order valence-electron chi connectivity index (χ3n) is 10.7. The smallest absolute Gasteiger partial charge is 0.352 e. The van der Waals surface area contributed by atoms with E-state index in [1.165, 1.54) is 29.7 Å². The maximum Gasteiger partial charge on any atom is 0.352 e. The van der Waals surface area contributed by atoms with Gasteiger partial charge in [-0.05, 0) is 109 Å². The topological polar surface area (TPSA) is 476 Å². The van der Waals surface area contributed by atoms with Gasteiger partial charge in [-0.3, -0.25) is 43.3 Å². The molecule has 0 aliphatic carbocycles. The molecule has 70 heavy (non-hydrogen) atoms. The number of nitrogens with zero attached hydrogens (tertiary/aromatic N) is 3. The molecule has 0 unspecified atom stereocenters. The van der Waals surface area contributed by atoms with Crippen molar-refractivity contribution in [2.45, 2.75) is 126 Å². The van der Waals surface area contributed by atoms with Gasteiger partial charge in [0, 0.05) is 19.6 Å². The van der Waals surface area contributed by atoms with Crippen molar-refractivity contribution in [1.82, 2.24) is 36.8 Å². The number of hydrogen-bond donors (Lipinski definition) is 15. The fourth-order valence-electron chi connectivity index (χ4n) is 6.80. The first-order chi connectivity index (χ1) is 33.3. The standard InChI is InChI=1S/C42H76N16O11S/c1-24(52-39(66)33(31(59)22-46)57-35(62)25(47)10-3-5-16-43)34(61)51-23-32(60)53-28(12-7-18-45)40(67)58-20-9-14-30(58)38(65)55-27(15-21-70-2)37(64)54-26(11-4-6-17-44)36(63)56-29(41(68)69)13-8-19-50-42(48)49/h13,24-27,30-31,33,59H,3-12,14-23,43-47H2,1-2H3,(H,51,61)(H,52,66)(H,54,64)(H,55,65)(H,56,63)(H,57,62)(H,68,69)(H4,48,49,50)/b29-13-,53-28?/t24-,25-,26-,27-,30-,31-,33-/m0/s1. The second-order valence-electron chi connectivity index (χ2n) is 16.3.